The van der Waals surface area contributed by atoms with E-state index in [2.05, 4.69) is 29.2 Å². The molecule has 0 aliphatic rings. The smallest absolute Gasteiger partial charge is 0.343 e. The van der Waals surface area contributed by atoms with E-state index in [1.165, 1.54) is 22.5 Å². The fourth-order valence-corrected chi connectivity index (χ4v) is 3.64. The average molecular weight is 417 g/mol. The van der Waals surface area contributed by atoms with Crippen molar-refractivity contribution in [3.8, 4) is 11.5 Å². The third-order valence-electron chi connectivity index (χ3n) is 5.17. The van der Waals surface area contributed by atoms with Crippen LogP contribution < -0.4 is 14.9 Å². The summed E-state index contributed by atoms with van der Waals surface area (Å²) < 4.78 is 16.4. The van der Waals surface area contributed by atoms with Crippen LogP contribution in [0.4, 0.5) is 0 Å². The van der Waals surface area contributed by atoms with Gasteiger partial charge in [0, 0.05) is 18.7 Å². The van der Waals surface area contributed by atoms with Gasteiger partial charge >= 0.3 is 5.97 Å². The summed E-state index contributed by atoms with van der Waals surface area (Å²) in [4.78, 5) is 27.8. The molecule has 6 nitrogen and oxygen atoms in total. The summed E-state index contributed by atoms with van der Waals surface area (Å²) >= 11 is 0. The lowest BCUT2D eigenvalue weighted by Crippen LogP contribution is -2.18. The number of aromatic amines is 1. The lowest BCUT2D eigenvalue weighted by atomic mass is 10.0. The average Bonchev–Trinajstić information content (AvgIpc) is 2.79. The Balaban J connectivity index is 1.62. The Morgan fingerprint density at radius 2 is 1.81 bits per heavy atom. The van der Waals surface area contributed by atoms with Gasteiger partial charge in [-0.15, -0.1) is 0 Å². The van der Waals surface area contributed by atoms with Crippen LogP contribution in [0.15, 0.2) is 65.6 Å². The first kappa shape index (κ1) is 20.5. The number of carbonyl (C=O) groups excluding carboxylic acids is 1. The number of carbonyl (C=O) groups is 1. The second-order valence-electron chi connectivity index (χ2n) is 7.04. The van der Waals surface area contributed by atoms with E-state index in [0.717, 1.165) is 0 Å². The van der Waals surface area contributed by atoms with Gasteiger partial charge < -0.3 is 19.2 Å². The molecule has 158 valence electrons. The number of benzene rings is 3. The third kappa shape index (κ3) is 4.10. The minimum atomic E-state index is -0.653. The normalized spacial score (nSPS) is 10.9. The van der Waals surface area contributed by atoms with Crippen LogP contribution in [0.25, 0.3) is 21.7 Å². The highest BCUT2D eigenvalue weighted by atomic mass is 16.5. The minimum Gasteiger partial charge on any atom is -0.493 e. The molecule has 0 fully saturated rings. The van der Waals surface area contributed by atoms with Crippen molar-refractivity contribution in [2.45, 2.75) is 13.3 Å². The van der Waals surface area contributed by atoms with E-state index in [4.69, 9.17) is 14.2 Å². The number of ether oxygens (including phenoxy) is 3. The molecule has 0 saturated carbocycles. The van der Waals surface area contributed by atoms with Gasteiger partial charge in [-0.1, -0.05) is 42.5 Å². The molecular weight excluding hydrogens is 394 g/mol. The number of rotatable bonds is 7. The minimum absolute atomic E-state index is 0.0405. The number of fused-ring (bicyclic) bond motifs is 2. The molecule has 0 spiro atoms. The van der Waals surface area contributed by atoms with Crippen LogP contribution in [-0.4, -0.2) is 31.3 Å². The van der Waals surface area contributed by atoms with Gasteiger partial charge in [0.2, 0.25) is 5.43 Å². The highest BCUT2D eigenvalue weighted by Gasteiger charge is 2.16. The van der Waals surface area contributed by atoms with E-state index in [1.807, 2.05) is 18.2 Å². The second kappa shape index (κ2) is 8.92. The van der Waals surface area contributed by atoms with Crippen LogP contribution >= 0.6 is 0 Å². The third-order valence-corrected chi connectivity index (χ3v) is 5.17. The summed E-state index contributed by atoms with van der Waals surface area (Å²) in [6.45, 7) is 2.30. The second-order valence-corrected chi connectivity index (χ2v) is 7.04. The summed E-state index contributed by atoms with van der Waals surface area (Å²) in [7, 11) is 1.55. The fourth-order valence-electron chi connectivity index (χ4n) is 3.64. The molecule has 3 aromatic carbocycles. The van der Waals surface area contributed by atoms with Crippen molar-refractivity contribution in [2.24, 2.45) is 0 Å². The van der Waals surface area contributed by atoms with Crippen molar-refractivity contribution in [1.82, 2.24) is 4.98 Å². The van der Waals surface area contributed by atoms with Crippen LogP contribution in [0.1, 0.15) is 22.8 Å². The largest absolute Gasteiger partial charge is 0.493 e. The van der Waals surface area contributed by atoms with E-state index >= 15 is 0 Å². The molecule has 1 aromatic heterocycles. The molecule has 0 aliphatic carbocycles. The predicted molar refractivity (Wildman–Crippen MR) is 120 cm³/mol. The van der Waals surface area contributed by atoms with E-state index in [0.29, 0.717) is 35.4 Å². The van der Waals surface area contributed by atoms with Crippen molar-refractivity contribution in [2.75, 3.05) is 20.3 Å². The van der Waals surface area contributed by atoms with Gasteiger partial charge in [-0.25, -0.2) is 4.79 Å². The Morgan fingerprint density at radius 1 is 1.00 bits per heavy atom. The van der Waals surface area contributed by atoms with E-state index in [9.17, 15) is 9.59 Å². The summed E-state index contributed by atoms with van der Waals surface area (Å²) in [5.74, 6) is 0.298. The Morgan fingerprint density at radius 3 is 2.61 bits per heavy atom. The number of nitrogens with one attached hydrogen (secondary N) is 1. The Bertz CT molecular complexity index is 1300. The van der Waals surface area contributed by atoms with Crippen molar-refractivity contribution >= 4 is 27.6 Å². The zero-order valence-electron chi connectivity index (χ0n) is 17.4. The number of pyridine rings is 1. The molecule has 31 heavy (non-hydrogen) atoms. The Hall–Kier alpha value is -3.80. The van der Waals surface area contributed by atoms with Gasteiger partial charge in [0.05, 0.1) is 31.2 Å². The van der Waals surface area contributed by atoms with Crippen molar-refractivity contribution in [3.63, 3.8) is 0 Å². The number of H-pyrrole nitrogens is 1. The standard InChI is InChI=1S/C25H23NO5/c1-3-30-25(28)20-15-26-21-14-22(29-2)23(13-19(21)24(20)27)31-12-11-17-9-6-8-16-7-4-5-10-18(16)17/h4-10,13-15H,3,11-12H2,1-2H3,(H,26,27). The molecule has 0 saturated heterocycles. The zero-order chi connectivity index (χ0) is 21.8. The zero-order valence-corrected chi connectivity index (χ0v) is 17.4. The van der Waals surface area contributed by atoms with Crippen LogP contribution in [0, 0.1) is 0 Å². The maximum atomic E-state index is 12.8. The van der Waals surface area contributed by atoms with Crippen LogP contribution in [0.3, 0.4) is 0 Å². The molecule has 4 aromatic rings. The number of aromatic nitrogens is 1. The van der Waals surface area contributed by atoms with E-state index < -0.39 is 11.4 Å². The lowest BCUT2D eigenvalue weighted by molar-refractivity contribution is 0.0524. The summed E-state index contributed by atoms with van der Waals surface area (Å²) in [6.07, 6.45) is 2.06. The fraction of sp³-hybridized carbons (Fsp3) is 0.200. The van der Waals surface area contributed by atoms with Crippen molar-refractivity contribution < 1.29 is 19.0 Å². The number of hydrogen-bond acceptors (Lipinski definition) is 5. The van der Waals surface area contributed by atoms with E-state index in [1.54, 1.807) is 26.2 Å². The molecule has 0 amide bonds. The van der Waals surface area contributed by atoms with E-state index in [-0.39, 0.29) is 12.2 Å². The highest BCUT2D eigenvalue weighted by molar-refractivity contribution is 5.94. The van der Waals surface area contributed by atoms with Crippen LogP contribution in [0.5, 0.6) is 11.5 Å². The van der Waals surface area contributed by atoms with Gasteiger partial charge in [-0.2, -0.15) is 0 Å². The molecule has 4 rings (SSSR count). The molecule has 0 radical (unpaired) electrons. The highest BCUT2D eigenvalue weighted by Crippen LogP contribution is 2.31. The molecule has 6 heteroatoms. The molecular formula is C25H23NO5. The van der Waals surface area contributed by atoms with Gasteiger partial charge in [-0.3, -0.25) is 4.79 Å². The number of methoxy groups -OCH3 is 1. The Labute approximate surface area is 179 Å². The summed E-state index contributed by atoms with van der Waals surface area (Å²) in [5, 5.41) is 2.71. The number of hydrogen-bond donors (Lipinski definition) is 1. The first-order valence-electron chi connectivity index (χ1n) is 10.1. The maximum absolute atomic E-state index is 12.8. The summed E-state index contributed by atoms with van der Waals surface area (Å²) in [6, 6.07) is 17.7. The lowest BCUT2D eigenvalue weighted by Gasteiger charge is -2.13. The first-order valence-corrected chi connectivity index (χ1v) is 10.1. The summed E-state index contributed by atoms with van der Waals surface area (Å²) in [5.41, 5.74) is 1.28. The monoisotopic (exact) mass is 417 g/mol. The first-order chi connectivity index (χ1) is 15.1. The van der Waals surface area contributed by atoms with Crippen LogP contribution in [-0.2, 0) is 11.2 Å². The number of esters is 1. The van der Waals surface area contributed by atoms with Crippen LogP contribution in [0.2, 0.25) is 0 Å². The van der Waals surface area contributed by atoms with Crippen molar-refractivity contribution in [3.05, 3.63) is 82.1 Å². The predicted octanol–water partition coefficient (Wildman–Crippen LogP) is 4.49. The quantitative estimate of drug-likeness (QED) is 0.449. The SMILES string of the molecule is CCOC(=O)c1c[nH]c2cc(OC)c(OCCc3cccc4ccccc34)cc2c1=O. The van der Waals surface area contributed by atoms with Crippen molar-refractivity contribution in [1.29, 1.82) is 0 Å². The maximum Gasteiger partial charge on any atom is 0.343 e. The Kier molecular flexibility index (Phi) is 5.89. The topological polar surface area (TPSA) is 77.6 Å². The van der Waals surface area contributed by atoms with Gasteiger partial charge in [0.25, 0.3) is 0 Å². The molecule has 1 heterocycles. The van der Waals surface area contributed by atoms with Gasteiger partial charge in [-0.05, 0) is 29.3 Å². The molecule has 0 unspecified atom stereocenters. The van der Waals surface area contributed by atoms with Gasteiger partial charge in [0.1, 0.15) is 5.56 Å². The molecule has 0 bridgehead atoms. The molecule has 1 N–H and O–H groups in total. The van der Waals surface area contributed by atoms with Gasteiger partial charge in [0.15, 0.2) is 11.5 Å². The molecule has 0 aliphatic heterocycles. The molecule has 0 atom stereocenters.